The third-order valence-corrected chi connectivity index (χ3v) is 5.66. The maximum Gasteiger partial charge on any atom is 0.326 e. The van der Waals surface area contributed by atoms with Gasteiger partial charge in [-0.15, -0.1) is 0 Å². The van der Waals surface area contributed by atoms with Gasteiger partial charge in [0.15, 0.2) is 0 Å². The number of rotatable bonds is 6. The molecule has 0 aliphatic carbocycles. The molecule has 0 saturated carbocycles. The lowest BCUT2D eigenvalue weighted by molar-refractivity contribution is -0.142. The lowest BCUT2D eigenvalue weighted by Gasteiger charge is -2.35. The van der Waals surface area contributed by atoms with E-state index in [9.17, 15) is 24.3 Å². The second kappa shape index (κ2) is 8.55. The Hall–Kier alpha value is -3.75. The van der Waals surface area contributed by atoms with E-state index in [1.807, 2.05) is 18.2 Å². The lowest BCUT2D eigenvalue weighted by atomic mass is 10.1. The summed E-state index contributed by atoms with van der Waals surface area (Å²) in [6, 6.07) is 10.5. The van der Waals surface area contributed by atoms with E-state index in [4.69, 9.17) is 0 Å². The van der Waals surface area contributed by atoms with Crippen molar-refractivity contribution < 1.29 is 24.3 Å². The van der Waals surface area contributed by atoms with Crippen molar-refractivity contribution in [1.29, 1.82) is 0 Å². The Morgan fingerprint density at radius 1 is 0.935 bits per heavy atom. The van der Waals surface area contributed by atoms with E-state index in [2.05, 4.69) is 9.88 Å². The molecule has 0 bridgehead atoms. The van der Waals surface area contributed by atoms with Crippen LogP contribution in [0.25, 0.3) is 0 Å². The zero-order valence-corrected chi connectivity index (χ0v) is 16.8. The zero-order valence-electron chi connectivity index (χ0n) is 16.8. The highest BCUT2D eigenvalue weighted by molar-refractivity contribution is 6.22. The predicted molar refractivity (Wildman–Crippen MR) is 111 cm³/mol. The second-order valence-corrected chi connectivity index (χ2v) is 7.47. The Labute approximate surface area is 178 Å². The molecule has 3 amide bonds. The molecule has 1 aromatic carbocycles. The summed E-state index contributed by atoms with van der Waals surface area (Å²) >= 11 is 0. The van der Waals surface area contributed by atoms with Crippen LogP contribution in [0, 0.1) is 0 Å². The van der Waals surface area contributed by atoms with Crippen LogP contribution in [-0.4, -0.2) is 75.8 Å². The minimum Gasteiger partial charge on any atom is -0.480 e. The number of carboxylic acids is 1. The fourth-order valence-corrected chi connectivity index (χ4v) is 4.00. The van der Waals surface area contributed by atoms with Crippen LogP contribution < -0.4 is 4.90 Å². The first kappa shape index (κ1) is 20.5. The minimum absolute atomic E-state index is 0.0615. The smallest absolute Gasteiger partial charge is 0.326 e. The molecule has 9 heteroatoms. The van der Waals surface area contributed by atoms with Gasteiger partial charge in [0.25, 0.3) is 11.8 Å². The highest BCUT2D eigenvalue weighted by Gasteiger charge is 2.42. The van der Waals surface area contributed by atoms with Gasteiger partial charge >= 0.3 is 5.97 Å². The van der Waals surface area contributed by atoms with Gasteiger partial charge in [0.2, 0.25) is 5.91 Å². The van der Waals surface area contributed by atoms with Crippen molar-refractivity contribution in [1.82, 2.24) is 14.8 Å². The number of carbonyl (C=O) groups is 4. The van der Waals surface area contributed by atoms with Gasteiger partial charge in [-0.25, -0.2) is 9.78 Å². The van der Waals surface area contributed by atoms with Crippen LogP contribution in [0.5, 0.6) is 0 Å². The van der Waals surface area contributed by atoms with Crippen LogP contribution in [-0.2, 0) is 9.59 Å². The third kappa shape index (κ3) is 3.98. The van der Waals surface area contributed by atoms with E-state index >= 15 is 0 Å². The summed E-state index contributed by atoms with van der Waals surface area (Å²) in [6.07, 6.45) is 1.53. The number of nitrogens with zero attached hydrogens (tertiary/aromatic N) is 4. The van der Waals surface area contributed by atoms with Crippen molar-refractivity contribution in [3.05, 3.63) is 59.8 Å². The molecule has 0 radical (unpaired) electrons. The zero-order chi connectivity index (χ0) is 22.0. The molecule has 0 unspecified atom stereocenters. The molecule has 1 atom stereocenters. The maximum atomic E-state index is 12.7. The summed E-state index contributed by atoms with van der Waals surface area (Å²) in [5.41, 5.74) is 0.381. The number of hydrogen-bond acceptors (Lipinski definition) is 6. The summed E-state index contributed by atoms with van der Waals surface area (Å²) in [6.45, 7) is 2.26. The number of piperazine rings is 1. The van der Waals surface area contributed by atoms with Gasteiger partial charge in [0.05, 0.1) is 11.1 Å². The number of aliphatic carboxylic acids is 1. The summed E-state index contributed by atoms with van der Waals surface area (Å²) in [7, 11) is 0. The third-order valence-electron chi connectivity index (χ3n) is 5.66. The molecule has 1 aromatic heterocycles. The maximum absolute atomic E-state index is 12.7. The van der Waals surface area contributed by atoms with E-state index in [0.29, 0.717) is 26.2 Å². The Balaban J connectivity index is 1.36. The molecule has 160 valence electrons. The molecule has 2 aliphatic heterocycles. The number of fused-ring (bicyclic) bond motifs is 1. The predicted octanol–water partition coefficient (Wildman–Crippen LogP) is 1.26. The number of anilines is 1. The molecule has 3 heterocycles. The van der Waals surface area contributed by atoms with Gasteiger partial charge in [0, 0.05) is 38.8 Å². The lowest BCUT2D eigenvalue weighted by Crippen LogP contribution is -2.50. The van der Waals surface area contributed by atoms with Gasteiger partial charge in [-0.3, -0.25) is 19.3 Å². The molecule has 1 N–H and O–H groups in total. The Morgan fingerprint density at radius 2 is 1.55 bits per heavy atom. The van der Waals surface area contributed by atoms with E-state index in [1.165, 1.54) is 12.1 Å². The highest BCUT2D eigenvalue weighted by Crippen LogP contribution is 2.26. The number of pyridine rings is 1. The monoisotopic (exact) mass is 422 g/mol. The standard InChI is InChI=1S/C22H22N4O5/c27-19(25-13-11-24(12-14-25)18-7-3-4-10-23-18)9-8-17(22(30)31)26-20(28)15-5-1-2-6-16(15)21(26)29/h1-7,10,17H,8-9,11-14H2,(H,30,31)/t17-/m1/s1. The number of hydrogen-bond donors (Lipinski definition) is 1. The van der Waals surface area contributed by atoms with E-state index in [0.717, 1.165) is 10.7 Å². The first-order chi connectivity index (χ1) is 15.0. The van der Waals surface area contributed by atoms with Gasteiger partial charge in [-0.05, 0) is 30.7 Å². The topological polar surface area (TPSA) is 111 Å². The quantitative estimate of drug-likeness (QED) is 0.698. The van der Waals surface area contributed by atoms with Crippen molar-refractivity contribution in [2.75, 3.05) is 31.1 Å². The average Bonchev–Trinajstić information content (AvgIpc) is 3.05. The van der Waals surface area contributed by atoms with Gasteiger partial charge in [-0.2, -0.15) is 0 Å². The van der Waals surface area contributed by atoms with Gasteiger partial charge in [-0.1, -0.05) is 18.2 Å². The van der Waals surface area contributed by atoms with Crippen LogP contribution in [0.15, 0.2) is 48.7 Å². The number of carboxylic acid groups (broad SMARTS) is 1. The van der Waals surface area contributed by atoms with Crippen molar-refractivity contribution >= 4 is 29.5 Å². The van der Waals surface area contributed by atoms with Gasteiger partial charge in [0.1, 0.15) is 11.9 Å². The first-order valence-electron chi connectivity index (χ1n) is 10.1. The SMILES string of the molecule is O=C(O)[C@@H](CCC(=O)N1CCN(c2ccccn2)CC1)N1C(=O)c2ccccc2C1=O. The van der Waals surface area contributed by atoms with E-state index in [1.54, 1.807) is 23.2 Å². The van der Waals surface area contributed by atoms with Gasteiger partial charge < -0.3 is 14.9 Å². The summed E-state index contributed by atoms with van der Waals surface area (Å²) in [5, 5.41) is 9.65. The van der Waals surface area contributed by atoms with Crippen LogP contribution in [0.2, 0.25) is 0 Å². The Kier molecular flexibility index (Phi) is 5.66. The molecule has 31 heavy (non-hydrogen) atoms. The molecular weight excluding hydrogens is 400 g/mol. The van der Waals surface area contributed by atoms with Crippen molar-refractivity contribution in [2.45, 2.75) is 18.9 Å². The van der Waals surface area contributed by atoms with Crippen LogP contribution in [0.3, 0.4) is 0 Å². The summed E-state index contributed by atoms with van der Waals surface area (Å²) in [4.78, 5) is 58.6. The van der Waals surface area contributed by atoms with E-state index < -0.39 is 23.8 Å². The average molecular weight is 422 g/mol. The summed E-state index contributed by atoms with van der Waals surface area (Å²) in [5.74, 6) is -1.91. The molecule has 1 saturated heterocycles. The number of aromatic nitrogens is 1. The number of benzene rings is 1. The number of amides is 3. The number of carbonyl (C=O) groups excluding carboxylic acids is 3. The van der Waals surface area contributed by atoms with Crippen molar-refractivity contribution in [2.24, 2.45) is 0 Å². The minimum atomic E-state index is -1.38. The molecule has 2 aliphatic rings. The molecular formula is C22H22N4O5. The van der Waals surface area contributed by atoms with Crippen LogP contribution in [0.1, 0.15) is 33.6 Å². The second-order valence-electron chi connectivity index (χ2n) is 7.47. The number of imide groups is 1. The highest BCUT2D eigenvalue weighted by atomic mass is 16.4. The van der Waals surface area contributed by atoms with Crippen LogP contribution in [0.4, 0.5) is 5.82 Å². The van der Waals surface area contributed by atoms with Crippen LogP contribution >= 0.6 is 0 Å². The fourth-order valence-electron chi connectivity index (χ4n) is 4.00. The largest absolute Gasteiger partial charge is 0.480 e. The Morgan fingerprint density at radius 3 is 2.10 bits per heavy atom. The molecule has 0 spiro atoms. The van der Waals surface area contributed by atoms with Crippen molar-refractivity contribution in [3.8, 4) is 0 Å². The first-order valence-corrected chi connectivity index (χ1v) is 10.1. The van der Waals surface area contributed by atoms with E-state index in [-0.39, 0.29) is 29.9 Å². The molecule has 4 rings (SSSR count). The summed E-state index contributed by atoms with van der Waals surface area (Å²) < 4.78 is 0. The fraction of sp³-hybridized carbons (Fsp3) is 0.318. The Bertz CT molecular complexity index is 983. The van der Waals surface area contributed by atoms with Crippen molar-refractivity contribution in [3.63, 3.8) is 0 Å². The molecule has 1 fully saturated rings. The molecule has 2 aromatic rings. The molecule has 9 nitrogen and oxygen atoms in total. The normalized spacial score (nSPS) is 17.0.